The van der Waals surface area contributed by atoms with Gasteiger partial charge in [0.25, 0.3) is 5.91 Å². The summed E-state index contributed by atoms with van der Waals surface area (Å²) in [4.78, 5) is 12.3. The van der Waals surface area contributed by atoms with Gasteiger partial charge in [-0.25, -0.2) is 12.8 Å². The monoisotopic (exact) mass is 364 g/mol. The molecule has 132 valence electrons. The molecule has 0 spiro atoms. The number of ether oxygens (including phenoxy) is 1. The highest BCUT2D eigenvalue weighted by atomic mass is 32.2. The molecule has 25 heavy (non-hydrogen) atoms. The number of sulfonamides is 1. The van der Waals surface area contributed by atoms with Gasteiger partial charge in [-0.2, -0.15) is 4.31 Å². The molecule has 0 atom stereocenters. The summed E-state index contributed by atoms with van der Waals surface area (Å²) in [6, 6.07) is 11.2. The molecule has 2 aromatic carbocycles. The first-order chi connectivity index (χ1) is 12.0. The Morgan fingerprint density at radius 3 is 2.44 bits per heavy atom. The van der Waals surface area contributed by atoms with Crippen molar-refractivity contribution in [2.45, 2.75) is 4.90 Å². The molecule has 1 aliphatic rings. The van der Waals surface area contributed by atoms with Gasteiger partial charge in [-0.3, -0.25) is 4.79 Å². The first-order valence-electron chi connectivity index (χ1n) is 7.72. The number of carbonyl (C=O) groups excluding carboxylic acids is 1. The van der Waals surface area contributed by atoms with Crippen LogP contribution in [0.5, 0.6) is 0 Å². The smallest absolute Gasteiger partial charge is 0.255 e. The topological polar surface area (TPSA) is 75.7 Å². The molecule has 1 N–H and O–H groups in total. The summed E-state index contributed by atoms with van der Waals surface area (Å²) < 4.78 is 44.8. The van der Waals surface area contributed by atoms with Crippen LogP contribution in [0.4, 0.5) is 10.1 Å². The van der Waals surface area contributed by atoms with Crippen LogP contribution in [-0.4, -0.2) is 44.9 Å². The number of morpholine rings is 1. The normalized spacial score (nSPS) is 15.7. The minimum absolute atomic E-state index is 0.103. The van der Waals surface area contributed by atoms with Gasteiger partial charge in [0.15, 0.2) is 0 Å². The molecule has 1 fully saturated rings. The molecular formula is C17H17FN2O4S. The lowest BCUT2D eigenvalue weighted by atomic mass is 10.2. The molecule has 0 aromatic heterocycles. The molecule has 8 heteroatoms. The zero-order valence-electron chi connectivity index (χ0n) is 13.3. The van der Waals surface area contributed by atoms with Crippen LogP contribution in [-0.2, 0) is 14.8 Å². The lowest BCUT2D eigenvalue weighted by Crippen LogP contribution is -2.40. The average Bonchev–Trinajstić information content (AvgIpc) is 2.63. The predicted molar refractivity (Wildman–Crippen MR) is 90.4 cm³/mol. The van der Waals surface area contributed by atoms with Crippen molar-refractivity contribution in [2.24, 2.45) is 0 Å². The second kappa shape index (κ2) is 7.30. The van der Waals surface area contributed by atoms with E-state index in [-0.39, 0.29) is 10.5 Å². The fraction of sp³-hybridized carbons (Fsp3) is 0.235. The predicted octanol–water partition coefficient (Wildman–Crippen LogP) is 2.10. The number of nitrogens with zero attached hydrogens (tertiary/aromatic N) is 1. The lowest BCUT2D eigenvalue weighted by Gasteiger charge is -2.26. The van der Waals surface area contributed by atoms with Gasteiger partial charge in [0.05, 0.1) is 18.1 Å². The van der Waals surface area contributed by atoms with E-state index in [4.69, 9.17) is 4.74 Å². The van der Waals surface area contributed by atoms with E-state index in [0.29, 0.717) is 32.0 Å². The maximum Gasteiger partial charge on any atom is 0.255 e. The molecular weight excluding hydrogens is 347 g/mol. The Morgan fingerprint density at radius 1 is 1.08 bits per heavy atom. The van der Waals surface area contributed by atoms with Gasteiger partial charge in [-0.15, -0.1) is 0 Å². The van der Waals surface area contributed by atoms with Crippen molar-refractivity contribution in [1.82, 2.24) is 4.31 Å². The maximum absolute atomic E-state index is 12.9. The molecule has 0 unspecified atom stereocenters. The van der Waals surface area contributed by atoms with Crippen molar-refractivity contribution in [2.75, 3.05) is 31.6 Å². The zero-order chi connectivity index (χ0) is 17.9. The summed E-state index contributed by atoms with van der Waals surface area (Å²) in [6.45, 7) is 1.32. The Kier molecular flexibility index (Phi) is 5.12. The molecule has 2 aromatic rings. The van der Waals surface area contributed by atoms with Crippen LogP contribution < -0.4 is 5.32 Å². The van der Waals surface area contributed by atoms with Gasteiger partial charge < -0.3 is 10.1 Å². The highest BCUT2D eigenvalue weighted by Gasteiger charge is 2.26. The lowest BCUT2D eigenvalue weighted by molar-refractivity contribution is 0.0730. The highest BCUT2D eigenvalue weighted by Crippen LogP contribution is 2.21. The molecule has 0 saturated carbocycles. The van der Waals surface area contributed by atoms with E-state index in [1.807, 2.05) is 0 Å². The Hall–Kier alpha value is -2.29. The summed E-state index contributed by atoms with van der Waals surface area (Å²) in [6.07, 6.45) is 0. The van der Waals surface area contributed by atoms with Crippen LogP contribution in [0.2, 0.25) is 0 Å². The number of halogens is 1. The first kappa shape index (κ1) is 17.5. The minimum Gasteiger partial charge on any atom is -0.379 e. The third kappa shape index (κ3) is 4.04. The Bertz CT molecular complexity index is 862. The molecule has 0 bridgehead atoms. The second-order valence-corrected chi connectivity index (χ2v) is 7.44. The summed E-state index contributed by atoms with van der Waals surface area (Å²) in [7, 11) is -3.64. The van der Waals surface area contributed by atoms with Crippen LogP contribution in [0.25, 0.3) is 0 Å². The number of benzene rings is 2. The van der Waals surface area contributed by atoms with Crippen LogP contribution in [0, 0.1) is 5.82 Å². The van der Waals surface area contributed by atoms with E-state index in [0.717, 1.165) is 0 Å². The van der Waals surface area contributed by atoms with Gasteiger partial charge in [0.1, 0.15) is 5.82 Å². The Labute approximate surface area is 145 Å². The Balaban J connectivity index is 1.79. The third-order valence-electron chi connectivity index (χ3n) is 3.81. The molecule has 0 aliphatic carbocycles. The number of rotatable bonds is 4. The van der Waals surface area contributed by atoms with Crippen LogP contribution in [0.15, 0.2) is 53.4 Å². The average molecular weight is 364 g/mol. The van der Waals surface area contributed by atoms with Crippen LogP contribution >= 0.6 is 0 Å². The van der Waals surface area contributed by atoms with Gasteiger partial charge in [-0.1, -0.05) is 6.07 Å². The number of nitrogens with one attached hydrogen (secondary N) is 1. The SMILES string of the molecule is O=C(Nc1cccc(S(=O)(=O)N2CCOCC2)c1)c1ccc(F)cc1. The summed E-state index contributed by atoms with van der Waals surface area (Å²) in [5.41, 5.74) is 0.631. The van der Waals surface area contributed by atoms with Crippen molar-refractivity contribution < 1.29 is 22.3 Å². The van der Waals surface area contributed by atoms with Gasteiger partial charge in [0.2, 0.25) is 10.0 Å². The molecule has 6 nitrogen and oxygen atoms in total. The summed E-state index contributed by atoms with van der Waals surface area (Å²) >= 11 is 0. The van der Waals surface area contributed by atoms with Gasteiger partial charge in [-0.05, 0) is 42.5 Å². The van der Waals surface area contributed by atoms with E-state index in [9.17, 15) is 17.6 Å². The number of anilines is 1. The number of hydrogen-bond donors (Lipinski definition) is 1. The molecule has 0 radical (unpaired) electrons. The Morgan fingerprint density at radius 2 is 1.76 bits per heavy atom. The van der Waals surface area contributed by atoms with E-state index >= 15 is 0 Å². The highest BCUT2D eigenvalue weighted by molar-refractivity contribution is 7.89. The van der Waals surface area contributed by atoms with Crippen molar-refractivity contribution in [3.8, 4) is 0 Å². The summed E-state index contributed by atoms with van der Waals surface area (Å²) in [5, 5.41) is 2.62. The molecule has 1 amide bonds. The number of hydrogen-bond acceptors (Lipinski definition) is 4. The fourth-order valence-corrected chi connectivity index (χ4v) is 3.93. The fourth-order valence-electron chi connectivity index (χ4n) is 2.47. The first-order valence-corrected chi connectivity index (χ1v) is 9.16. The van der Waals surface area contributed by atoms with Gasteiger partial charge >= 0.3 is 0 Å². The molecule has 3 rings (SSSR count). The maximum atomic E-state index is 12.9. The summed E-state index contributed by atoms with van der Waals surface area (Å²) in [5.74, 6) is -0.879. The number of carbonyl (C=O) groups is 1. The molecule has 1 aliphatic heterocycles. The second-order valence-electron chi connectivity index (χ2n) is 5.51. The zero-order valence-corrected chi connectivity index (χ0v) is 14.1. The minimum atomic E-state index is -3.64. The van der Waals surface area contributed by atoms with E-state index < -0.39 is 21.7 Å². The number of amides is 1. The van der Waals surface area contributed by atoms with Crippen molar-refractivity contribution in [3.63, 3.8) is 0 Å². The van der Waals surface area contributed by atoms with Gasteiger partial charge in [0, 0.05) is 24.3 Å². The molecule has 1 saturated heterocycles. The quantitative estimate of drug-likeness (QED) is 0.901. The standard InChI is InChI=1S/C17H17FN2O4S/c18-14-6-4-13(5-7-14)17(21)19-15-2-1-3-16(12-15)25(22,23)20-8-10-24-11-9-20/h1-7,12H,8-11H2,(H,19,21). The van der Waals surface area contributed by atoms with Crippen LogP contribution in [0.3, 0.4) is 0 Å². The van der Waals surface area contributed by atoms with E-state index in [2.05, 4.69) is 5.32 Å². The van der Waals surface area contributed by atoms with E-state index in [1.165, 1.54) is 40.7 Å². The van der Waals surface area contributed by atoms with Crippen molar-refractivity contribution >= 4 is 21.6 Å². The largest absolute Gasteiger partial charge is 0.379 e. The van der Waals surface area contributed by atoms with Crippen molar-refractivity contribution in [3.05, 3.63) is 59.9 Å². The van der Waals surface area contributed by atoms with Crippen LogP contribution in [0.1, 0.15) is 10.4 Å². The van der Waals surface area contributed by atoms with E-state index in [1.54, 1.807) is 12.1 Å². The molecule has 1 heterocycles. The third-order valence-corrected chi connectivity index (χ3v) is 5.70. The van der Waals surface area contributed by atoms with Crippen molar-refractivity contribution in [1.29, 1.82) is 0 Å².